The van der Waals surface area contributed by atoms with E-state index in [0.717, 1.165) is 42.6 Å². The van der Waals surface area contributed by atoms with E-state index in [4.69, 9.17) is 4.74 Å². The second kappa shape index (κ2) is 9.78. The van der Waals surface area contributed by atoms with Crippen LogP contribution in [0.25, 0.3) is 6.08 Å². The molecule has 0 radical (unpaired) electrons. The predicted molar refractivity (Wildman–Crippen MR) is 120 cm³/mol. The van der Waals surface area contributed by atoms with Crippen LogP contribution in [0.5, 0.6) is 5.75 Å². The summed E-state index contributed by atoms with van der Waals surface area (Å²) in [5, 5.41) is 3.19. The van der Waals surface area contributed by atoms with Crippen LogP contribution in [0.2, 0.25) is 0 Å². The molecule has 2 aromatic rings. The molecule has 0 aliphatic heterocycles. The fourth-order valence-corrected chi connectivity index (χ4v) is 3.63. The van der Waals surface area contributed by atoms with Crippen molar-refractivity contribution in [3.63, 3.8) is 0 Å². The molecule has 29 heavy (non-hydrogen) atoms. The maximum atomic E-state index is 13.0. The summed E-state index contributed by atoms with van der Waals surface area (Å²) in [6.07, 6.45) is 10.3. The molecule has 1 saturated carbocycles. The van der Waals surface area contributed by atoms with Gasteiger partial charge in [-0.05, 0) is 80.8 Å². The average molecular weight is 392 g/mol. The summed E-state index contributed by atoms with van der Waals surface area (Å²) >= 11 is 0. The Morgan fingerprint density at radius 2 is 2.00 bits per heavy atom. The molecular formula is C26H33NO2. The normalized spacial score (nSPS) is 15.2. The van der Waals surface area contributed by atoms with E-state index in [-0.39, 0.29) is 11.9 Å². The fraction of sp³-hybridized carbons (Fsp3) is 0.423. The minimum absolute atomic E-state index is 0.0564. The van der Waals surface area contributed by atoms with E-state index in [2.05, 4.69) is 49.5 Å². The number of ether oxygens (including phenoxy) is 1. The monoisotopic (exact) mass is 391 g/mol. The number of carbonyl (C=O) groups is 1. The van der Waals surface area contributed by atoms with Crippen molar-refractivity contribution in [1.29, 1.82) is 0 Å². The Kier molecular flexibility index (Phi) is 7.13. The number of allylic oxidation sites excluding steroid dienone is 1. The Morgan fingerprint density at radius 1 is 1.21 bits per heavy atom. The van der Waals surface area contributed by atoms with Crippen LogP contribution < -0.4 is 10.1 Å². The number of hydrogen-bond donors (Lipinski definition) is 1. The van der Waals surface area contributed by atoms with Crippen molar-refractivity contribution >= 4 is 12.0 Å². The lowest BCUT2D eigenvalue weighted by Gasteiger charge is -2.26. The van der Waals surface area contributed by atoms with E-state index in [1.807, 2.05) is 32.0 Å². The summed E-state index contributed by atoms with van der Waals surface area (Å²) in [7, 11) is 0. The third-order valence-corrected chi connectivity index (χ3v) is 5.72. The summed E-state index contributed by atoms with van der Waals surface area (Å²) in [6.45, 7) is 8.32. The quantitative estimate of drug-likeness (QED) is 0.555. The maximum Gasteiger partial charge on any atom is 0.252 e. The Bertz CT molecular complexity index is 880. The molecule has 0 spiro atoms. The van der Waals surface area contributed by atoms with Gasteiger partial charge in [-0.1, -0.05) is 49.8 Å². The lowest BCUT2D eigenvalue weighted by atomic mass is 9.95. The highest BCUT2D eigenvalue weighted by Gasteiger charge is 2.21. The Labute approximate surface area is 175 Å². The van der Waals surface area contributed by atoms with Crippen LogP contribution in [0.15, 0.2) is 42.5 Å². The molecule has 0 aromatic heterocycles. The lowest BCUT2D eigenvalue weighted by Crippen LogP contribution is -2.28. The number of aryl methyl sites for hydroxylation is 2. The highest BCUT2D eigenvalue weighted by Crippen LogP contribution is 2.27. The number of amides is 1. The van der Waals surface area contributed by atoms with Crippen LogP contribution in [0.3, 0.4) is 0 Å². The van der Waals surface area contributed by atoms with E-state index in [9.17, 15) is 4.79 Å². The van der Waals surface area contributed by atoms with Crippen molar-refractivity contribution in [3.8, 4) is 5.75 Å². The average Bonchev–Trinajstić information content (AvgIpc) is 2.67. The van der Waals surface area contributed by atoms with Gasteiger partial charge in [0, 0.05) is 5.56 Å². The van der Waals surface area contributed by atoms with E-state index >= 15 is 0 Å². The summed E-state index contributed by atoms with van der Waals surface area (Å²) in [5.74, 6) is 0.732. The second-order valence-electron chi connectivity index (χ2n) is 8.11. The summed E-state index contributed by atoms with van der Waals surface area (Å²) < 4.78 is 5.99. The van der Waals surface area contributed by atoms with Gasteiger partial charge in [-0.25, -0.2) is 0 Å². The van der Waals surface area contributed by atoms with Crippen molar-refractivity contribution < 1.29 is 9.53 Å². The third-order valence-electron chi connectivity index (χ3n) is 5.72. The maximum absolute atomic E-state index is 13.0. The first-order valence-electron chi connectivity index (χ1n) is 10.8. The van der Waals surface area contributed by atoms with Gasteiger partial charge in [0.1, 0.15) is 5.75 Å². The van der Waals surface area contributed by atoms with Crippen molar-refractivity contribution in [2.24, 2.45) is 0 Å². The molecule has 3 nitrogen and oxygen atoms in total. The zero-order valence-electron chi connectivity index (χ0n) is 18.1. The van der Waals surface area contributed by atoms with Crippen LogP contribution in [0.4, 0.5) is 0 Å². The van der Waals surface area contributed by atoms with Crippen LogP contribution in [-0.4, -0.2) is 12.0 Å². The summed E-state index contributed by atoms with van der Waals surface area (Å²) in [4.78, 5) is 13.0. The largest absolute Gasteiger partial charge is 0.490 e. The van der Waals surface area contributed by atoms with Gasteiger partial charge in [0.05, 0.1) is 12.1 Å². The number of rotatable bonds is 8. The zero-order chi connectivity index (χ0) is 20.8. The van der Waals surface area contributed by atoms with Crippen LogP contribution in [0.1, 0.15) is 84.6 Å². The predicted octanol–water partition coefficient (Wildman–Crippen LogP) is 6.54. The van der Waals surface area contributed by atoms with Gasteiger partial charge in [0.15, 0.2) is 0 Å². The first-order valence-corrected chi connectivity index (χ1v) is 10.8. The molecule has 1 atom stereocenters. The first-order chi connectivity index (χ1) is 14.0. The number of unbranched alkanes of at least 4 members (excludes halogenated alkanes) is 1. The molecule has 1 aliphatic rings. The molecular weight excluding hydrogens is 358 g/mol. The molecule has 1 unspecified atom stereocenters. The van der Waals surface area contributed by atoms with Gasteiger partial charge >= 0.3 is 0 Å². The molecule has 0 saturated heterocycles. The molecule has 2 aromatic carbocycles. The van der Waals surface area contributed by atoms with E-state index in [1.54, 1.807) is 0 Å². The van der Waals surface area contributed by atoms with Gasteiger partial charge in [-0.15, -0.1) is 0 Å². The molecule has 154 valence electrons. The van der Waals surface area contributed by atoms with Gasteiger partial charge in [-0.3, -0.25) is 4.79 Å². The third kappa shape index (κ3) is 5.29. The van der Waals surface area contributed by atoms with E-state index < -0.39 is 0 Å². The Morgan fingerprint density at radius 3 is 2.69 bits per heavy atom. The smallest absolute Gasteiger partial charge is 0.252 e. The van der Waals surface area contributed by atoms with Gasteiger partial charge in [0.2, 0.25) is 0 Å². The number of carbonyl (C=O) groups excluding carboxylic acids is 1. The topological polar surface area (TPSA) is 38.3 Å². The highest BCUT2D eigenvalue weighted by molar-refractivity contribution is 5.96. The van der Waals surface area contributed by atoms with E-state index in [0.29, 0.717) is 11.7 Å². The SMILES string of the molecule is CCC/C=C\c1c(C)cccc1C(C)NC(=O)c1cc(OC2CCC2)ccc1C. The van der Waals surface area contributed by atoms with Crippen LogP contribution in [0, 0.1) is 13.8 Å². The molecule has 1 fully saturated rings. The lowest BCUT2D eigenvalue weighted by molar-refractivity contribution is 0.0936. The minimum atomic E-state index is -0.0840. The summed E-state index contributed by atoms with van der Waals surface area (Å²) in [5.41, 5.74) is 5.22. The van der Waals surface area contributed by atoms with Gasteiger partial charge in [0.25, 0.3) is 5.91 Å². The standard InChI is InChI=1S/C26H33NO2/c1-5-6-7-13-23-18(2)10-8-14-24(23)20(4)27-26(28)25-17-22(16-15-19(25)3)29-21-11-9-12-21/h7-8,10,13-17,20-21H,5-6,9,11-12H2,1-4H3,(H,27,28)/b13-7-. The Balaban J connectivity index is 1.77. The molecule has 0 heterocycles. The zero-order valence-corrected chi connectivity index (χ0v) is 18.1. The number of hydrogen-bond acceptors (Lipinski definition) is 2. The van der Waals surface area contributed by atoms with Gasteiger partial charge in [-0.2, -0.15) is 0 Å². The van der Waals surface area contributed by atoms with Crippen molar-refractivity contribution in [3.05, 3.63) is 70.3 Å². The molecule has 1 aliphatic carbocycles. The minimum Gasteiger partial charge on any atom is -0.490 e. The first kappa shape index (κ1) is 21.2. The fourth-order valence-electron chi connectivity index (χ4n) is 3.63. The molecule has 1 amide bonds. The molecule has 3 heteroatoms. The van der Waals surface area contributed by atoms with Crippen molar-refractivity contribution in [2.75, 3.05) is 0 Å². The summed E-state index contributed by atoms with van der Waals surface area (Å²) in [6, 6.07) is 12.0. The van der Waals surface area contributed by atoms with Crippen molar-refractivity contribution in [2.45, 2.75) is 71.9 Å². The molecule has 0 bridgehead atoms. The Hall–Kier alpha value is -2.55. The highest BCUT2D eigenvalue weighted by atomic mass is 16.5. The second-order valence-corrected chi connectivity index (χ2v) is 8.11. The van der Waals surface area contributed by atoms with Crippen LogP contribution >= 0.6 is 0 Å². The number of nitrogens with one attached hydrogen (secondary N) is 1. The molecule has 3 rings (SSSR count). The number of benzene rings is 2. The van der Waals surface area contributed by atoms with Crippen LogP contribution in [-0.2, 0) is 0 Å². The van der Waals surface area contributed by atoms with Crippen molar-refractivity contribution in [1.82, 2.24) is 5.32 Å². The molecule has 1 N–H and O–H groups in total. The van der Waals surface area contributed by atoms with E-state index in [1.165, 1.54) is 17.5 Å². The van der Waals surface area contributed by atoms with Gasteiger partial charge < -0.3 is 10.1 Å².